The van der Waals surface area contributed by atoms with E-state index in [0.29, 0.717) is 18.4 Å². The third-order valence-corrected chi connectivity index (χ3v) is 3.27. The van der Waals surface area contributed by atoms with E-state index in [0.717, 1.165) is 18.9 Å². The molecule has 0 heterocycles. The summed E-state index contributed by atoms with van der Waals surface area (Å²) in [5, 5.41) is 10.3. The Morgan fingerprint density at radius 1 is 1.20 bits per heavy atom. The van der Waals surface area contributed by atoms with Gasteiger partial charge in [-0.15, -0.1) is 0 Å². The smallest absolute Gasteiger partial charge is 0.162 e. The van der Waals surface area contributed by atoms with E-state index < -0.39 is 17.2 Å². The van der Waals surface area contributed by atoms with E-state index in [1.165, 1.54) is 13.0 Å². The van der Waals surface area contributed by atoms with Crippen LogP contribution in [0.2, 0.25) is 0 Å². The maximum Gasteiger partial charge on any atom is 0.162 e. The average molecular weight is 212 g/mol. The number of hydrogen-bond donors (Lipinski definition) is 1. The molecule has 0 aromatic heterocycles. The highest BCUT2D eigenvalue weighted by atomic mass is 19.2. The van der Waals surface area contributed by atoms with Crippen molar-refractivity contribution in [3.8, 4) is 0 Å². The highest BCUT2D eigenvalue weighted by molar-refractivity contribution is 5.33. The minimum atomic E-state index is -0.946. The molecule has 15 heavy (non-hydrogen) atoms. The fourth-order valence-corrected chi connectivity index (χ4v) is 2.39. The summed E-state index contributed by atoms with van der Waals surface area (Å²) in [7, 11) is 0. The van der Waals surface area contributed by atoms with Crippen LogP contribution < -0.4 is 0 Å². The van der Waals surface area contributed by atoms with Gasteiger partial charge in [-0.2, -0.15) is 0 Å². The van der Waals surface area contributed by atoms with Crippen molar-refractivity contribution in [2.75, 3.05) is 0 Å². The number of halogens is 2. The Morgan fingerprint density at radius 3 is 2.40 bits per heavy atom. The first-order valence-electron chi connectivity index (χ1n) is 5.22. The second kappa shape index (κ2) is 3.56. The van der Waals surface area contributed by atoms with E-state index in [4.69, 9.17) is 0 Å². The number of aliphatic hydroxyl groups is 1. The second-order valence-electron chi connectivity index (χ2n) is 4.27. The lowest BCUT2D eigenvalue weighted by Gasteiger charge is -2.24. The minimum Gasteiger partial charge on any atom is -0.385 e. The standard InChI is InChI=1S/C12H14F2O/c1-8-9(4-5-10(13)11(8)14)12(15)6-2-3-7-12/h4-5,15H,2-3,6-7H2,1H3. The third-order valence-electron chi connectivity index (χ3n) is 3.27. The van der Waals surface area contributed by atoms with Crippen molar-refractivity contribution in [3.05, 3.63) is 34.9 Å². The van der Waals surface area contributed by atoms with Gasteiger partial charge in [-0.1, -0.05) is 18.9 Å². The molecule has 1 aromatic carbocycles. The van der Waals surface area contributed by atoms with Crippen molar-refractivity contribution < 1.29 is 13.9 Å². The molecular weight excluding hydrogens is 198 g/mol. The summed E-state index contributed by atoms with van der Waals surface area (Å²) < 4.78 is 26.2. The fourth-order valence-electron chi connectivity index (χ4n) is 2.39. The Bertz CT molecular complexity index is 381. The average Bonchev–Trinajstić information content (AvgIpc) is 2.62. The molecule has 1 fully saturated rings. The minimum absolute atomic E-state index is 0.236. The Labute approximate surface area is 87.7 Å². The predicted octanol–water partition coefficient (Wildman–Crippen LogP) is 3.03. The third kappa shape index (κ3) is 1.65. The van der Waals surface area contributed by atoms with Crippen LogP contribution in [0.5, 0.6) is 0 Å². The number of benzene rings is 1. The monoisotopic (exact) mass is 212 g/mol. The second-order valence-corrected chi connectivity index (χ2v) is 4.27. The summed E-state index contributed by atoms with van der Waals surface area (Å²) >= 11 is 0. The Morgan fingerprint density at radius 2 is 1.80 bits per heavy atom. The highest BCUT2D eigenvalue weighted by Crippen LogP contribution is 2.40. The molecule has 0 saturated heterocycles. The first-order chi connectivity index (χ1) is 7.04. The van der Waals surface area contributed by atoms with Crippen LogP contribution in [0.3, 0.4) is 0 Å². The summed E-state index contributed by atoms with van der Waals surface area (Å²) in [5.74, 6) is -1.69. The van der Waals surface area contributed by atoms with E-state index in [-0.39, 0.29) is 5.56 Å². The molecule has 1 nitrogen and oxygen atoms in total. The van der Waals surface area contributed by atoms with Gasteiger partial charge in [0.2, 0.25) is 0 Å². The molecule has 0 unspecified atom stereocenters. The molecular formula is C12H14F2O. The van der Waals surface area contributed by atoms with E-state index in [9.17, 15) is 13.9 Å². The molecule has 2 rings (SSSR count). The molecule has 1 saturated carbocycles. The zero-order valence-electron chi connectivity index (χ0n) is 8.69. The quantitative estimate of drug-likeness (QED) is 0.758. The van der Waals surface area contributed by atoms with Gasteiger partial charge in [0.25, 0.3) is 0 Å². The summed E-state index contributed by atoms with van der Waals surface area (Å²) in [5.41, 5.74) is -0.170. The molecule has 0 amide bonds. The van der Waals surface area contributed by atoms with Crippen LogP contribution in [0.4, 0.5) is 8.78 Å². The number of rotatable bonds is 1. The van der Waals surface area contributed by atoms with Crippen LogP contribution in [0.25, 0.3) is 0 Å². The van der Waals surface area contributed by atoms with E-state index >= 15 is 0 Å². The first kappa shape index (κ1) is 10.6. The molecule has 1 aliphatic carbocycles. The van der Waals surface area contributed by atoms with Crippen molar-refractivity contribution in [3.63, 3.8) is 0 Å². The molecule has 0 aliphatic heterocycles. The van der Waals surface area contributed by atoms with Crippen LogP contribution >= 0.6 is 0 Å². The molecule has 0 bridgehead atoms. The van der Waals surface area contributed by atoms with Crippen LogP contribution in [0.15, 0.2) is 12.1 Å². The van der Waals surface area contributed by atoms with Crippen molar-refractivity contribution >= 4 is 0 Å². The van der Waals surface area contributed by atoms with Gasteiger partial charge in [-0.05, 0) is 37.0 Å². The van der Waals surface area contributed by atoms with Crippen LogP contribution in [0.1, 0.15) is 36.8 Å². The summed E-state index contributed by atoms with van der Waals surface area (Å²) in [6.45, 7) is 1.52. The largest absolute Gasteiger partial charge is 0.385 e. The van der Waals surface area contributed by atoms with Crippen LogP contribution in [-0.4, -0.2) is 5.11 Å². The van der Waals surface area contributed by atoms with Gasteiger partial charge in [-0.25, -0.2) is 8.78 Å². The lowest BCUT2D eigenvalue weighted by atomic mass is 9.88. The van der Waals surface area contributed by atoms with E-state index in [1.54, 1.807) is 0 Å². The zero-order chi connectivity index (χ0) is 11.1. The lowest BCUT2D eigenvalue weighted by Crippen LogP contribution is -2.23. The van der Waals surface area contributed by atoms with E-state index in [1.807, 2.05) is 0 Å². The molecule has 82 valence electrons. The van der Waals surface area contributed by atoms with Crippen molar-refractivity contribution in [2.24, 2.45) is 0 Å². The Kier molecular flexibility index (Phi) is 2.51. The van der Waals surface area contributed by atoms with Gasteiger partial charge >= 0.3 is 0 Å². The van der Waals surface area contributed by atoms with Gasteiger partial charge in [0.05, 0.1) is 5.60 Å². The first-order valence-corrected chi connectivity index (χ1v) is 5.22. The predicted molar refractivity (Wildman–Crippen MR) is 53.5 cm³/mol. The van der Waals surface area contributed by atoms with Gasteiger partial charge < -0.3 is 5.11 Å². The van der Waals surface area contributed by atoms with Crippen molar-refractivity contribution in [1.29, 1.82) is 0 Å². The molecule has 0 spiro atoms. The normalized spacial score (nSPS) is 19.5. The van der Waals surface area contributed by atoms with Gasteiger partial charge in [0.15, 0.2) is 11.6 Å². The lowest BCUT2D eigenvalue weighted by molar-refractivity contribution is 0.0433. The fraction of sp³-hybridized carbons (Fsp3) is 0.500. The van der Waals surface area contributed by atoms with Gasteiger partial charge in [0.1, 0.15) is 0 Å². The summed E-state index contributed by atoms with van der Waals surface area (Å²) in [4.78, 5) is 0. The Balaban J connectivity index is 2.49. The summed E-state index contributed by atoms with van der Waals surface area (Å²) in [6.07, 6.45) is 3.15. The summed E-state index contributed by atoms with van der Waals surface area (Å²) in [6, 6.07) is 2.59. The SMILES string of the molecule is Cc1c(C2(O)CCCC2)ccc(F)c1F. The maximum absolute atomic E-state index is 13.3. The van der Waals surface area contributed by atoms with Crippen molar-refractivity contribution in [1.82, 2.24) is 0 Å². The Hall–Kier alpha value is -0.960. The van der Waals surface area contributed by atoms with Crippen molar-refractivity contribution in [2.45, 2.75) is 38.2 Å². The molecule has 1 aromatic rings. The molecule has 0 atom stereocenters. The maximum atomic E-state index is 13.3. The molecule has 0 radical (unpaired) electrons. The van der Waals surface area contributed by atoms with Crippen LogP contribution in [-0.2, 0) is 5.60 Å². The van der Waals surface area contributed by atoms with E-state index in [2.05, 4.69) is 0 Å². The molecule has 1 aliphatic rings. The topological polar surface area (TPSA) is 20.2 Å². The zero-order valence-corrected chi connectivity index (χ0v) is 8.69. The van der Waals surface area contributed by atoms with Gasteiger partial charge in [-0.3, -0.25) is 0 Å². The number of hydrogen-bond acceptors (Lipinski definition) is 1. The highest BCUT2D eigenvalue weighted by Gasteiger charge is 2.35. The van der Waals surface area contributed by atoms with Crippen LogP contribution in [0, 0.1) is 18.6 Å². The molecule has 1 N–H and O–H groups in total. The molecule has 3 heteroatoms. The van der Waals surface area contributed by atoms with Gasteiger partial charge in [0, 0.05) is 0 Å².